The van der Waals surface area contributed by atoms with E-state index in [1.165, 1.54) is 0 Å². The van der Waals surface area contributed by atoms with Crippen LogP contribution in [0.25, 0.3) is 0 Å². The summed E-state index contributed by atoms with van der Waals surface area (Å²) in [6.07, 6.45) is 5.65. The average molecular weight is 412 g/mol. The Morgan fingerprint density at radius 3 is 1.84 bits per heavy atom. The largest absolute Gasteiger partial charge is 0.494 e. The van der Waals surface area contributed by atoms with Gasteiger partial charge in [0, 0.05) is 40.0 Å². The first-order valence-electron chi connectivity index (χ1n) is 10.6. The van der Waals surface area contributed by atoms with E-state index in [4.69, 9.17) is 9.57 Å². The van der Waals surface area contributed by atoms with Crippen LogP contribution in [0.15, 0.2) is 116 Å². The van der Waals surface area contributed by atoms with Crippen molar-refractivity contribution in [3.63, 3.8) is 0 Å². The van der Waals surface area contributed by atoms with E-state index < -0.39 is 0 Å². The molecule has 0 unspecified atom stereocenters. The highest BCUT2D eigenvalue weighted by Crippen LogP contribution is 2.35. The number of anilines is 3. The van der Waals surface area contributed by atoms with Gasteiger partial charge in [-0.05, 0) is 49.2 Å². The van der Waals surface area contributed by atoms with E-state index >= 15 is 0 Å². The summed E-state index contributed by atoms with van der Waals surface area (Å²) in [5.74, 6) is 0.868. The molecule has 4 heteroatoms. The van der Waals surface area contributed by atoms with Crippen LogP contribution in [0.2, 0.25) is 0 Å². The van der Waals surface area contributed by atoms with E-state index in [0.29, 0.717) is 13.2 Å². The Morgan fingerprint density at radius 1 is 0.581 bits per heavy atom. The minimum atomic E-state index is 0.656. The fraction of sp³-hybridized carbons (Fsp3) is 0.148. The fourth-order valence-corrected chi connectivity index (χ4v) is 3.35. The lowest BCUT2D eigenvalue weighted by atomic mass is 10.2. The first-order chi connectivity index (χ1) is 15.4. The van der Waals surface area contributed by atoms with Gasteiger partial charge in [0.05, 0.1) is 6.61 Å². The highest BCUT2D eigenvalue weighted by molar-refractivity contribution is 5.76. The zero-order chi connectivity index (χ0) is 21.1. The van der Waals surface area contributed by atoms with Crippen molar-refractivity contribution >= 4 is 17.1 Å². The highest BCUT2D eigenvalue weighted by Gasteiger charge is 2.12. The number of pyridine rings is 1. The van der Waals surface area contributed by atoms with Crippen LogP contribution in [0.1, 0.15) is 12.8 Å². The molecule has 0 spiro atoms. The molecule has 0 bridgehead atoms. The summed E-state index contributed by atoms with van der Waals surface area (Å²) in [5, 5.41) is 0. The molecule has 156 valence electrons. The molecule has 0 amide bonds. The molecule has 4 nitrogen and oxygen atoms in total. The van der Waals surface area contributed by atoms with Crippen molar-refractivity contribution in [1.82, 2.24) is 0 Å². The quantitative estimate of drug-likeness (QED) is 0.246. The number of benzene rings is 3. The molecule has 0 fully saturated rings. The smallest absolute Gasteiger partial charge is 0.222 e. The van der Waals surface area contributed by atoms with Gasteiger partial charge in [0.2, 0.25) is 12.4 Å². The van der Waals surface area contributed by atoms with Gasteiger partial charge in [0.1, 0.15) is 5.75 Å². The Labute approximate surface area is 183 Å². The summed E-state index contributed by atoms with van der Waals surface area (Å²) < 4.78 is 7.76. The number of nitrogens with zero attached hydrogens (tertiary/aromatic N) is 2. The number of hydrogen-bond donors (Lipinski definition) is 0. The van der Waals surface area contributed by atoms with Gasteiger partial charge in [0.25, 0.3) is 0 Å². The van der Waals surface area contributed by atoms with Crippen LogP contribution in [0.3, 0.4) is 0 Å². The Morgan fingerprint density at radius 2 is 1.16 bits per heavy atom. The molecule has 0 radical (unpaired) electrons. The zero-order valence-electron chi connectivity index (χ0n) is 17.5. The molecule has 1 aromatic heterocycles. The van der Waals surface area contributed by atoms with Gasteiger partial charge in [-0.25, -0.2) is 0 Å². The van der Waals surface area contributed by atoms with Crippen LogP contribution in [-0.4, -0.2) is 13.2 Å². The summed E-state index contributed by atoms with van der Waals surface area (Å²) in [4.78, 5) is 7.90. The topological polar surface area (TPSA) is 25.6 Å². The van der Waals surface area contributed by atoms with Crippen molar-refractivity contribution in [2.45, 2.75) is 12.8 Å². The van der Waals surface area contributed by atoms with Crippen LogP contribution < -0.4 is 19.2 Å². The maximum absolute atomic E-state index is 6.03. The number of rotatable bonds is 10. The second-order valence-corrected chi connectivity index (χ2v) is 7.13. The minimum Gasteiger partial charge on any atom is -0.494 e. The van der Waals surface area contributed by atoms with Crippen molar-refractivity contribution in [1.29, 1.82) is 0 Å². The summed E-state index contributed by atoms with van der Waals surface area (Å²) in [7, 11) is 0. The van der Waals surface area contributed by atoms with Crippen molar-refractivity contribution in [3.8, 4) is 5.75 Å². The maximum Gasteiger partial charge on any atom is 0.222 e. The summed E-state index contributed by atoms with van der Waals surface area (Å²) in [5.41, 5.74) is 3.29. The Kier molecular flexibility index (Phi) is 7.16. The van der Waals surface area contributed by atoms with Gasteiger partial charge < -0.3 is 9.64 Å². The third-order valence-electron chi connectivity index (χ3n) is 4.84. The SMILES string of the molecule is c1ccc(N(c2ccccc2)c2cccc(OCCCCO[n+]3ccccc3)c2)cc1. The summed E-state index contributed by atoms with van der Waals surface area (Å²) in [6.45, 7) is 1.32. The molecule has 31 heavy (non-hydrogen) atoms. The molecule has 1 heterocycles. The molecular formula is C27H27N2O2+. The zero-order valence-corrected chi connectivity index (χ0v) is 17.5. The molecule has 0 saturated heterocycles. The normalized spacial score (nSPS) is 10.5. The molecule has 3 aromatic carbocycles. The molecule has 0 aliphatic carbocycles. The molecule has 0 aliphatic heterocycles. The summed E-state index contributed by atoms with van der Waals surface area (Å²) in [6, 6.07) is 34.9. The van der Waals surface area contributed by atoms with Gasteiger partial charge in [0.15, 0.2) is 6.61 Å². The van der Waals surface area contributed by atoms with Crippen molar-refractivity contribution in [2.24, 2.45) is 0 Å². The number of unbranched alkanes of at least 4 members (excludes halogenated alkanes) is 1. The monoisotopic (exact) mass is 411 g/mol. The standard InChI is InChI=1S/C27H27N2O2/c1-4-13-24(14-5-1)29(25-15-6-2-7-16-25)26-17-12-18-27(23-26)30-21-10-11-22-31-28-19-8-3-9-20-28/h1-9,12-20,23H,10-11,21-22H2/q+1. The third-order valence-corrected chi connectivity index (χ3v) is 4.84. The van der Waals surface area contributed by atoms with Gasteiger partial charge >= 0.3 is 0 Å². The van der Waals surface area contributed by atoms with Crippen LogP contribution in [0.4, 0.5) is 17.1 Å². The lowest BCUT2D eigenvalue weighted by Crippen LogP contribution is -2.42. The van der Waals surface area contributed by atoms with Crippen molar-refractivity contribution in [3.05, 3.63) is 116 Å². The van der Waals surface area contributed by atoms with Crippen LogP contribution >= 0.6 is 0 Å². The maximum atomic E-state index is 6.03. The first-order valence-corrected chi connectivity index (χ1v) is 10.6. The van der Waals surface area contributed by atoms with Crippen LogP contribution in [0, 0.1) is 0 Å². The van der Waals surface area contributed by atoms with Crippen LogP contribution in [0.5, 0.6) is 5.75 Å². The predicted molar refractivity (Wildman–Crippen MR) is 124 cm³/mol. The Balaban J connectivity index is 1.37. The predicted octanol–water partition coefficient (Wildman–Crippen LogP) is 5.73. The molecule has 4 rings (SSSR count). The second kappa shape index (κ2) is 10.8. The number of ether oxygens (including phenoxy) is 1. The van der Waals surface area contributed by atoms with E-state index in [-0.39, 0.29) is 0 Å². The van der Waals surface area contributed by atoms with Gasteiger partial charge in [-0.2, -0.15) is 0 Å². The second-order valence-electron chi connectivity index (χ2n) is 7.13. The summed E-state index contributed by atoms with van der Waals surface area (Å²) >= 11 is 0. The fourth-order valence-electron chi connectivity index (χ4n) is 3.35. The molecule has 0 atom stereocenters. The molecule has 0 saturated carbocycles. The Hall–Kier alpha value is -3.79. The number of para-hydroxylation sites is 2. The number of aromatic nitrogens is 1. The van der Waals surface area contributed by atoms with E-state index in [1.54, 1.807) is 4.73 Å². The third kappa shape index (κ3) is 5.86. The lowest BCUT2D eigenvalue weighted by Gasteiger charge is -2.25. The van der Waals surface area contributed by atoms with E-state index in [1.807, 2.05) is 54.9 Å². The van der Waals surface area contributed by atoms with E-state index in [9.17, 15) is 0 Å². The van der Waals surface area contributed by atoms with E-state index in [2.05, 4.69) is 65.6 Å². The molecule has 0 aliphatic rings. The van der Waals surface area contributed by atoms with Crippen molar-refractivity contribution in [2.75, 3.05) is 18.1 Å². The van der Waals surface area contributed by atoms with Gasteiger partial charge in [-0.15, -0.1) is 0 Å². The van der Waals surface area contributed by atoms with Crippen molar-refractivity contribution < 1.29 is 14.3 Å². The minimum absolute atomic E-state index is 0.656. The number of hydrogen-bond acceptors (Lipinski definition) is 3. The van der Waals surface area contributed by atoms with Crippen LogP contribution in [-0.2, 0) is 0 Å². The van der Waals surface area contributed by atoms with E-state index in [0.717, 1.165) is 35.7 Å². The van der Waals surface area contributed by atoms with Gasteiger partial charge in [-0.3, -0.25) is 4.84 Å². The molecule has 0 N–H and O–H groups in total. The highest BCUT2D eigenvalue weighted by atomic mass is 16.7. The molecular weight excluding hydrogens is 384 g/mol. The average Bonchev–Trinajstić information content (AvgIpc) is 2.84. The first kappa shape index (κ1) is 20.5. The lowest BCUT2D eigenvalue weighted by molar-refractivity contribution is -0.891. The Bertz CT molecular complexity index is 1000. The van der Waals surface area contributed by atoms with Gasteiger partial charge in [-0.1, -0.05) is 48.5 Å². The molecule has 4 aromatic rings.